The number of nitrogens with zero attached hydrogens (tertiary/aromatic N) is 2. The molecule has 4 nitrogen and oxygen atoms in total. The topological polar surface area (TPSA) is 31.6 Å². The number of fused-ring (bicyclic) bond motifs is 2. The third kappa shape index (κ3) is 3.19. The van der Waals surface area contributed by atoms with E-state index in [2.05, 4.69) is 22.2 Å². The molecule has 2 bridgehead atoms. The molecule has 3 rings (SSSR count). The number of nitrogens with one attached hydrogen (secondary N) is 1. The first-order valence-electron chi connectivity index (χ1n) is 7.50. The lowest BCUT2D eigenvalue weighted by Crippen LogP contribution is -2.39. The molecule has 0 aromatic carbocycles. The lowest BCUT2D eigenvalue weighted by atomic mass is 10.1. The highest BCUT2D eigenvalue weighted by Gasteiger charge is 2.34. The van der Waals surface area contributed by atoms with Gasteiger partial charge in [-0.25, -0.2) is 0 Å². The smallest absolute Gasteiger partial charge is 0.117 e. The van der Waals surface area contributed by atoms with Crippen molar-refractivity contribution in [1.82, 2.24) is 15.1 Å². The maximum atomic E-state index is 5.32. The van der Waals surface area contributed by atoms with E-state index < -0.39 is 0 Å². The van der Waals surface area contributed by atoms with Gasteiger partial charge in [-0.15, -0.1) is 0 Å². The normalized spacial score (nSPS) is 28.7. The van der Waals surface area contributed by atoms with Crippen LogP contribution in [0.4, 0.5) is 0 Å². The quantitative estimate of drug-likeness (QED) is 0.817. The van der Waals surface area contributed by atoms with Crippen LogP contribution in [-0.4, -0.2) is 55.1 Å². The molecule has 3 heterocycles. The molecule has 0 aliphatic carbocycles. The molecule has 2 unspecified atom stereocenters. The van der Waals surface area contributed by atoms with E-state index in [1.54, 1.807) is 6.26 Å². The number of likely N-dealkylation sites (tertiary alicyclic amines) is 1. The molecule has 2 saturated heterocycles. The van der Waals surface area contributed by atoms with E-state index in [1.807, 2.05) is 12.1 Å². The minimum absolute atomic E-state index is 0.789. The Kier molecular flexibility index (Phi) is 4.21. The van der Waals surface area contributed by atoms with E-state index in [9.17, 15) is 0 Å². The first-order valence-corrected chi connectivity index (χ1v) is 7.50. The highest BCUT2D eigenvalue weighted by Crippen LogP contribution is 2.28. The second-order valence-corrected chi connectivity index (χ2v) is 5.90. The lowest BCUT2D eigenvalue weighted by molar-refractivity contribution is 0.219. The summed E-state index contributed by atoms with van der Waals surface area (Å²) in [5, 5.41) is 3.46. The summed E-state index contributed by atoms with van der Waals surface area (Å²) in [7, 11) is 2.31. The van der Waals surface area contributed by atoms with Gasteiger partial charge < -0.3 is 14.6 Å². The van der Waals surface area contributed by atoms with E-state index in [0.29, 0.717) is 0 Å². The maximum Gasteiger partial charge on any atom is 0.117 e. The zero-order valence-electron chi connectivity index (χ0n) is 11.8. The fraction of sp³-hybridized carbons (Fsp3) is 0.733. The van der Waals surface area contributed by atoms with Crippen LogP contribution in [0.2, 0.25) is 0 Å². The average Bonchev–Trinajstić information content (AvgIpc) is 2.97. The van der Waals surface area contributed by atoms with Gasteiger partial charge in [0.1, 0.15) is 5.76 Å². The van der Waals surface area contributed by atoms with Gasteiger partial charge in [-0.05, 0) is 45.0 Å². The Morgan fingerprint density at radius 3 is 3.05 bits per heavy atom. The predicted molar refractivity (Wildman–Crippen MR) is 76.0 cm³/mol. The molecule has 0 amide bonds. The molecular formula is C15H25N3O. The molecule has 19 heavy (non-hydrogen) atoms. The van der Waals surface area contributed by atoms with Crippen LogP contribution in [0.5, 0.6) is 0 Å². The molecule has 0 spiro atoms. The van der Waals surface area contributed by atoms with Crippen molar-refractivity contribution in [3.05, 3.63) is 24.2 Å². The van der Waals surface area contributed by atoms with Gasteiger partial charge >= 0.3 is 0 Å². The van der Waals surface area contributed by atoms with Crippen LogP contribution in [0.25, 0.3) is 0 Å². The van der Waals surface area contributed by atoms with Gasteiger partial charge in [0, 0.05) is 31.7 Å². The highest BCUT2D eigenvalue weighted by atomic mass is 16.3. The van der Waals surface area contributed by atoms with Crippen molar-refractivity contribution in [2.75, 3.05) is 33.2 Å². The number of rotatable bonds is 5. The van der Waals surface area contributed by atoms with Crippen LogP contribution >= 0.6 is 0 Å². The first-order chi connectivity index (χ1) is 9.33. The highest BCUT2D eigenvalue weighted by molar-refractivity contribution is 4.97. The van der Waals surface area contributed by atoms with Gasteiger partial charge in [-0.1, -0.05) is 0 Å². The second kappa shape index (κ2) is 6.07. The van der Waals surface area contributed by atoms with E-state index in [-0.39, 0.29) is 0 Å². The molecule has 4 heteroatoms. The summed E-state index contributed by atoms with van der Waals surface area (Å²) < 4.78 is 5.32. The van der Waals surface area contributed by atoms with E-state index >= 15 is 0 Å². The molecule has 106 valence electrons. The fourth-order valence-electron chi connectivity index (χ4n) is 3.44. The van der Waals surface area contributed by atoms with E-state index in [4.69, 9.17) is 4.42 Å². The number of furan rings is 1. The third-order valence-corrected chi connectivity index (χ3v) is 4.72. The zero-order chi connectivity index (χ0) is 13.1. The minimum atomic E-state index is 0.789. The molecule has 1 aromatic heterocycles. The van der Waals surface area contributed by atoms with Crippen molar-refractivity contribution in [2.45, 2.75) is 37.9 Å². The Morgan fingerprint density at radius 1 is 1.32 bits per heavy atom. The number of hydrogen-bond acceptors (Lipinski definition) is 4. The summed E-state index contributed by atoms with van der Waals surface area (Å²) in [6.07, 6.45) is 5.87. The zero-order valence-corrected chi connectivity index (χ0v) is 11.8. The standard InChI is InChI=1S/C15H25N3O/c1-17-13-4-5-14(17)12-18(8-6-13)9-7-16-11-15-3-2-10-19-15/h2-3,10,13-14,16H,4-9,11-12H2,1H3. The second-order valence-electron chi connectivity index (χ2n) is 5.90. The Hall–Kier alpha value is -0.840. The van der Waals surface area contributed by atoms with Crippen LogP contribution in [0, 0.1) is 0 Å². The van der Waals surface area contributed by atoms with Crippen molar-refractivity contribution in [3.63, 3.8) is 0 Å². The van der Waals surface area contributed by atoms with E-state index in [1.165, 1.54) is 32.4 Å². The van der Waals surface area contributed by atoms with Crippen LogP contribution in [0.3, 0.4) is 0 Å². The summed E-state index contributed by atoms with van der Waals surface area (Å²) in [5.74, 6) is 1.02. The summed E-state index contributed by atoms with van der Waals surface area (Å²) >= 11 is 0. The summed E-state index contributed by atoms with van der Waals surface area (Å²) in [6.45, 7) is 5.54. The lowest BCUT2D eigenvalue weighted by Gasteiger charge is -2.25. The monoisotopic (exact) mass is 263 g/mol. The SMILES string of the molecule is CN1C2CCC1CN(CCNCc1ccco1)CC2. The predicted octanol–water partition coefficient (Wildman–Crippen LogP) is 1.54. The van der Waals surface area contributed by atoms with Crippen LogP contribution < -0.4 is 5.32 Å². The molecule has 2 fully saturated rings. The van der Waals surface area contributed by atoms with Crippen molar-refractivity contribution < 1.29 is 4.42 Å². The third-order valence-electron chi connectivity index (χ3n) is 4.72. The van der Waals surface area contributed by atoms with Crippen LogP contribution in [-0.2, 0) is 6.54 Å². The Morgan fingerprint density at radius 2 is 2.21 bits per heavy atom. The Balaban J connectivity index is 1.39. The number of likely N-dealkylation sites (N-methyl/N-ethyl adjacent to an activating group) is 1. The van der Waals surface area contributed by atoms with Gasteiger partial charge in [0.25, 0.3) is 0 Å². The molecule has 0 radical (unpaired) electrons. The summed E-state index contributed by atoms with van der Waals surface area (Å²) in [6, 6.07) is 5.59. The summed E-state index contributed by atoms with van der Waals surface area (Å²) in [5.41, 5.74) is 0. The molecule has 2 aliphatic heterocycles. The molecule has 1 aromatic rings. The molecule has 2 atom stereocenters. The van der Waals surface area contributed by atoms with Gasteiger partial charge in [-0.3, -0.25) is 4.90 Å². The van der Waals surface area contributed by atoms with Gasteiger partial charge in [0.15, 0.2) is 0 Å². The molecular weight excluding hydrogens is 238 g/mol. The van der Waals surface area contributed by atoms with Gasteiger partial charge in [-0.2, -0.15) is 0 Å². The van der Waals surface area contributed by atoms with Crippen molar-refractivity contribution >= 4 is 0 Å². The molecule has 1 N–H and O–H groups in total. The average molecular weight is 263 g/mol. The van der Waals surface area contributed by atoms with Crippen LogP contribution in [0.1, 0.15) is 25.0 Å². The Bertz CT molecular complexity index is 379. The fourth-order valence-corrected chi connectivity index (χ4v) is 3.44. The van der Waals surface area contributed by atoms with Crippen molar-refractivity contribution in [3.8, 4) is 0 Å². The van der Waals surface area contributed by atoms with Gasteiger partial charge in [0.05, 0.1) is 12.8 Å². The maximum absolute atomic E-state index is 5.32. The first kappa shape index (κ1) is 13.2. The molecule has 2 aliphatic rings. The van der Waals surface area contributed by atoms with Gasteiger partial charge in [0.2, 0.25) is 0 Å². The number of hydrogen-bond donors (Lipinski definition) is 1. The van der Waals surface area contributed by atoms with Crippen LogP contribution in [0.15, 0.2) is 22.8 Å². The minimum Gasteiger partial charge on any atom is -0.468 e. The summed E-state index contributed by atoms with van der Waals surface area (Å²) in [4.78, 5) is 5.23. The molecule has 0 saturated carbocycles. The van der Waals surface area contributed by atoms with E-state index in [0.717, 1.165) is 37.5 Å². The van der Waals surface area contributed by atoms with Crippen molar-refractivity contribution in [1.29, 1.82) is 0 Å². The largest absolute Gasteiger partial charge is 0.468 e. The Labute approximate surface area is 115 Å². The van der Waals surface area contributed by atoms with Crippen molar-refractivity contribution in [2.24, 2.45) is 0 Å².